The highest BCUT2D eigenvalue weighted by Crippen LogP contribution is 2.21. The number of aryl methyl sites for hydroxylation is 3. The number of aromatic nitrogens is 2. The second kappa shape index (κ2) is 5.13. The number of benzene rings is 1. The molecule has 0 aliphatic heterocycles. The van der Waals surface area contributed by atoms with Crippen LogP contribution in [0.2, 0.25) is 5.15 Å². The summed E-state index contributed by atoms with van der Waals surface area (Å²) in [7, 11) is 1.73. The molecule has 0 unspecified atom stereocenters. The summed E-state index contributed by atoms with van der Waals surface area (Å²) in [6.07, 6.45) is 0.170. The van der Waals surface area contributed by atoms with Crippen LogP contribution in [0.4, 0.5) is 4.39 Å². The Hall–Kier alpha value is -1.68. The highest BCUT2D eigenvalue weighted by molar-refractivity contribution is 6.30. The third-order valence-corrected chi connectivity index (χ3v) is 3.56. The van der Waals surface area contributed by atoms with E-state index in [-0.39, 0.29) is 18.0 Å². The Labute approximate surface area is 116 Å². The minimum Gasteiger partial charge on any atom is -0.294 e. The van der Waals surface area contributed by atoms with Gasteiger partial charge in [0.05, 0.1) is 5.69 Å². The zero-order chi connectivity index (χ0) is 14.2. The molecule has 0 N–H and O–H groups in total. The smallest absolute Gasteiger partial charge is 0.167 e. The van der Waals surface area contributed by atoms with E-state index >= 15 is 0 Å². The van der Waals surface area contributed by atoms with Crippen molar-refractivity contribution in [3.63, 3.8) is 0 Å². The molecule has 0 fully saturated rings. The lowest BCUT2D eigenvalue weighted by Crippen LogP contribution is -2.05. The SMILES string of the molecule is Cc1cc(C(=O)Cc2c(C)nn(C)c2Cl)ccc1F. The van der Waals surface area contributed by atoms with Gasteiger partial charge in [-0.05, 0) is 37.6 Å². The molecule has 1 aromatic heterocycles. The van der Waals surface area contributed by atoms with Crippen molar-refractivity contribution in [1.82, 2.24) is 9.78 Å². The van der Waals surface area contributed by atoms with Gasteiger partial charge in [0.1, 0.15) is 11.0 Å². The van der Waals surface area contributed by atoms with E-state index < -0.39 is 0 Å². The quantitative estimate of drug-likeness (QED) is 0.809. The standard InChI is InChI=1S/C14H14ClFN2O/c1-8-6-10(4-5-12(8)16)13(19)7-11-9(2)17-18(3)14(11)15/h4-6H,7H2,1-3H3. The lowest BCUT2D eigenvalue weighted by atomic mass is 10.0. The third-order valence-electron chi connectivity index (χ3n) is 3.09. The van der Waals surface area contributed by atoms with Gasteiger partial charge in [-0.3, -0.25) is 9.48 Å². The van der Waals surface area contributed by atoms with Crippen LogP contribution < -0.4 is 0 Å². The predicted octanol–water partition coefficient (Wildman–Crippen LogP) is 3.25. The monoisotopic (exact) mass is 280 g/mol. The molecule has 1 aromatic carbocycles. The van der Waals surface area contributed by atoms with Crippen LogP contribution in [-0.4, -0.2) is 15.6 Å². The first-order valence-corrected chi connectivity index (χ1v) is 6.25. The average Bonchev–Trinajstić information content (AvgIpc) is 2.59. The van der Waals surface area contributed by atoms with Crippen molar-refractivity contribution in [3.05, 3.63) is 51.6 Å². The summed E-state index contributed by atoms with van der Waals surface area (Å²) < 4.78 is 14.7. The number of carbonyl (C=O) groups is 1. The molecule has 0 saturated heterocycles. The van der Waals surface area contributed by atoms with Crippen LogP contribution in [0.1, 0.15) is 27.2 Å². The first-order valence-electron chi connectivity index (χ1n) is 5.87. The second-order valence-corrected chi connectivity index (χ2v) is 4.90. The molecule has 2 rings (SSSR count). The van der Waals surface area contributed by atoms with Crippen molar-refractivity contribution in [2.45, 2.75) is 20.3 Å². The molecule has 19 heavy (non-hydrogen) atoms. The molecule has 0 spiro atoms. The number of rotatable bonds is 3. The Bertz CT molecular complexity index is 649. The number of carbonyl (C=O) groups excluding carboxylic acids is 1. The van der Waals surface area contributed by atoms with Crippen LogP contribution in [0.5, 0.6) is 0 Å². The van der Waals surface area contributed by atoms with Gasteiger partial charge in [0.15, 0.2) is 5.78 Å². The Morgan fingerprint density at radius 2 is 2.11 bits per heavy atom. The van der Waals surface area contributed by atoms with E-state index in [2.05, 4.69) is 5.10 Å². The minimum atomic E-state index is -0.313. The van der Waals surface area contributed by atoms with Gasteiger partial charge in [-0.1, -0.05) is 11.6 Å². The van der Waals surface area contributed by atoms with Gasteiger partial charge in [0.2, 0.25) is 0 Å². The van der Waals surface area contributed by atoms with E-state index in [0.717, 1.165) is 11.3 Å². The van der Waals surface area contributed by atoms with Crippen molar-refractivity contribution in [3.8, 4) is 0 Å². The second-order valence-electron chi connectivity index (χ2n) is 4.54. The lowest BCUT2D eigenvalue weighted by Gasteiger charge is -2.03. The van der Waals surface area contributed by atoms with Crippen molar-refractivity contribution in [2.24, 2.45) is 7.05 Å². The maximum atomic E-state index is 13.2. The van der Waals surface area contributed by atoms with E-state index in [1.54, 1.807) is 20.0 Å². The Kier molecular flexibility index (Phi) is 3.71. The van der Waals surface area contributed by atoms with Gasteiger partial charge in [-0.25, -0.2) is 4.39 Å². The third kappa shape index (κ3) is 2.68. The van der Waals surface area contributed by atoms with Crippen LogP contribution in [0.15, 0.2) is 18.2 Å². The van der Waals surface area contributed by atoms with E-state index in [4.69, 9.17) is 11.6 Å². The summed E-state index contributed by atoms with van der Waals surface area (Å²) in [5, 5.41) is 4.62. The zero-order valence-corrected chi connectivity index (χ0v) is 11.8. The zero-order valence-electron chi connectivity index (χ0n) is 11.0. The first-order chi connectivity index (χ1) is 8.90. The number of Topliss-reactive ketones (excluding diaryl/α,β-unsaturated/α-hetero) is 1. The van der Waals surface area contributed by atoms with Crippen LogP contribution in [0, 0.1) is 19.7 Å². The highest BCUT2D eigenvalue weighted by atomic mass is 35.5. The molecule has 0 radical (unpaired) electrons. The van der Waals surface area contributed by atoms with Gasteiger partial charge < -0.3 is 0 Å². The Morgan fingerprint density at radius 1 is 1.42 bits per heavy atom. The maximum absolute atomic E-state index is 13.2. The predicted molar refractivity (Wildman–Crippen MR) is 72.1 cm³/mol. The maximum Gasteiger partial charge on any atom is 0.167 e. The Balaban J connectivity index is 2.28. The largest absolute Gasteiger partial charge is 0.294 e. The van der Waals surface area contributed by atoms with Crippen LogP contribution in [-0.2, 0) is 13.5 Å². The van der Waals surface area contributed by atoms with Crippen LogP contribution >= 0.6 is 11.6 Å². The number of halogens is 2. The molecule has 2 aromatic rings. The molecule has 0 atom stereocenters. The molecule has 0 amide bonds. The van der Waals surface area contributed by atoms with Gasteiger partial charge in [0, 0.05) is 24.6 Å². The van der Waals surface area contributed by atoms with Crippen molar-refractivity contribution in [2.75, 3.05) is 0 Å². The fourth-order valence-electron chi connectivity index (χ4n) is 1.96. The number of hydrogen-bond donors (Lipinski definition) is 0. The molecular weight excluding hydrogens is 267 g/mol. The molecule has 0 aliphatic carbocycles. The van der Waals surface area contributed by atoms with E-state index in [9.17, 15) is 9.18 Å². The topological polar surface area (TPSA) is 34.9 Å². The van der Waals surface area contributed by atoms with Crippen molar-refractivity contribution in [1.29, 1.82) is 0 Å². The van der Waals surface area contributed by atoms with E-state index in [0.29, 0.717) is 16.3 Å². The summed E-state index contributed by atoms with van der Waals surface area (Å²) in [6.45, 7) is 3.44. The molecule has 0 bridgehead atoms. The molecule has 3 nitrogen and oxygen atoms in total. The molecule has 0 saturated carbocycles. The van der Waals surface area contributed by atoms with Crippen LogP contribution in [0.25, 0.3) is 0 Å². The fourth-order valence-corrected chi connectivity index (χ4v) is 2.20. The summed E-state index contributed by atoms with van der Waals surface area (Å²) in [5.74, 6) is -0.409. The number of ketones is 1. The van der Waals surface area contributed by atoms with Gasteiger partial charge in [-0.15, -0.1) is 0 Å². The van der Waals surface area contributed by atoms with E-state index in [1.807, 2.05) is 6.92 Å². The minimum absolute atomic E-state index is 0.0962. The summed E-state index contributed by atoms with van der Waals surface area (Å²) >= 11 is 6.09. The number of nitrogens with zero attached hydrogens (tertiary/aromatic N) is 2. The molecule has 0 aliphatic rings. The van der Waals surface area contributed by atoms with Gasteiger partial charge in [0.25, 0.3) is 0 Å². The summed E-state index contributed by atoms with van der Waals surface area (Å²) in [4.78, 5) is 12.2. The van der Waals surface area contributed by atoms with Crippen LogP contribution in [0.3, 0.4) is 0 Å². The molecular formula is C14H14ClFN2O. The summed E-state index contributed by atoms with van der Waals surface area (Å²) in [5.41, 5.74) is 2.40. The van der Waals surface area contributed by atoms with Gasteiger partial charge in [-0.2, -0.15) is 5.10 Å². The fraction of sp³-hybridized carbons (Fsp3) is 0.286. The lowest BCUT2D eigenvalue weighted by molar-refractivity contribution is 0.0992. The Morgan fingerprint density at radius 3 is 2.63 bits per heavy atom. The first kappa shape index (κ1) is 13.7. The highest BCUT2D eigenvalue weighted by Gasteiger charge is 2.16. The summed E-state index contributed by atoms with van der Waals surface area (Å²) in [6, 6.07) is 4.35. The molecule has 1 heterocycles. The van der Waals surface area contributed by atoms with Gasteiger partial charge >= 0.3 is 0 Å². The average molecular weight is 281 g/mol. The van der Waals surface area contributed by atoms with E-state index in [1.165, 1.54) is 16.8 Å². The normalized spacial score (nSPS) is 10.8. The van der Waals surface area contributed by atoms with Crippen molar-refractivity contribution >= 4 is 17.4 Å². The molecule has 5 heteroatoms. The molecule has 100 valence electrons. The number of hydrogen-bond acceptors (Lipinski definition) is 2. The van der Waals surface area contributed by atoms with Crippen molar-refractivity contribution < 1.29 is 9.18 Å².